The molecule has 28 heavy (non-hydrogen) atoms. The first kappa shape index (κ1) is 18.2. The van der Waals surface area contributed by atoms with Crippen molar-refractivity contribution in [2.45, 2.75) is 31.6 Å². The van der Waals surface area contributed by atoms with Gasteiger partial charge in [0.2, 0.25) is 0 Å². The van der Waals surface area contributed by atoms with Crippen LogP contribution in [0.15, 0.2) is 46.2 Å². The maximum absolute atomic E-state index is 13.2. The Morgan fingerprint density at radius 3 is 2.75 bits per heavy atom. The Kier molecular flexibility index (Phi) is 4.40. The number of aromatic amines is 1. The zero-order chi connectivity index (χ0) is 19.9. The summed E-state index contributed by atoms with van der Waals surface area (Å²) in [6.45, 7) is -1.01. The van der Waals surface area contributed by atoms with Crippen LogP contribution < -0.4 is 16.0 Å². The standard InChI is InChI=1S/C18H16F3N5O2/c19-18(20,21)10-26-14(24-12-5-2-1-4-11(12)17(26)28)13-6-3-9-25(13)15-16(27)23-8-7-22-15/h1-2,4-5,7-8,13H,3,6,9-10H2,(H,23,27). The lowest BCUT2D eigenvalue weighted by Crippen LogP contribution is -2.37. The van der Waals surface area contributed by atoms with Gasteiger partial charge in [0.05, 0.1) is 16.9 Å². The SMILES string of the molecule is O=c1[nH]ccnc1N1CCCC1c1nc2ccccc2c(=O)n1CC(F)(F)F. The summed E-state index contributed by atoms with van der Waals surface area (Å²) in [5, 5.41) is 0.121. The first-order chi connectivity index (χ1) is 13.3. The van der Waals surface area contributed by atoms with E-state index in [9.17, 15) is 22.8 Å². The molecule has 2 aromatic heterocycles. The minimum absolute atomic E-state index is 0.0106. The molecule has 10 heteroatoms. The van der Waals surface area contributed by atoms with Gasteiger partial charge in [0.25, 0.3) is 11.1 Å². The zero-order valence-corrected chi connectivity index (χ0v) is 14.6. The number of H-pyrrole nitrogens is 1. The largest absolute Gasteiger partial charge is 0.406 e. The van der Waals surface area contributed by atoms with Gasteiger partial charge in [-0.25, -0.2) is 9.97 Å². The van der Waals surface area contributed by atoms with Gasteiger partial charge in [0.15, 0.2) is 5.82 Å². The molecule has 0 aliphatic carbocycles. The van der Waals surface area contributed by atoms with Crippen molar-refractivity contribution >= 4 is 16.7 Å². The van der Waals surface area contributed by atoms with Gasteiger partial charge in [0.1, 0.15) is 12.4 Å². The van der Waals surface area contributed by atoms with Crippen LogP contribution in [0.5, 0.6) is 0 Å². The fraction of sp³-hybridized carbons (Fsp3) is 0.333. The fourth-order valence-corrected chi connectivity index (χ4v) is 3.61. The number of nitrogens with one attached hydrogen (secondary N) is 1. The number of hydrogen-bond acceptors (Lipinski definition) is 5. The smallest absolute Gasteiger partial charge is 0.342 e. The van der Waals surface area contributed by atoms with Crippen molar-refractivity contribution in [1.29, 1.82) is 0 Å². The monoisotopic (exact) mass is 391 g/mol. The number of para-hydroxylation sites is 1. The van der Waals surface area contributed by atoms with Gasteiger partial charge < -0.3 is 9.88 Å². The van der Waals surface area contributed by atoms with Gasteiger partial charge in [-0.05, 0) is 25.0 Å². The molecule has 1 unspecified atom stereocenters. The van der Waals surface area contributed by atoms with Gasteiger partial charge in [-0.1, -0.05) is 12.1 Å². The van der Waals surface area contributed by atoms with Crippen LogP contribution in [0.25, 0.3) is 10.9 Å². The Morgan fingerprint density at radius 2 is 2.00 bits per heavy atom. The van der Waals surface area contributed by atoms with E-state index in [0.717, 1.165) is 0 Å². The van der Waals surface area contributed by atoms with E-state index in [1.807, 2.05) is 0 Å². The predicted molar refractivity (Wildman–Crippen MR) is 96.2 cm³/mol. The van der Waals surface area contributed by atoms with Crippen LogP contribution in [0.3, 0.4) is 0 Å². The maximum atomic E-state index is 13.2. The second kappa shape index (κ2) is 6.77. The molecule has 1 fully saturated rings. The van der Waals surface area contributed by atoms with Crippen molar-refractivity contribution in [3.05, 3.63) is 63.2 Å². The molecular weight excluding hydrogens is 375 g/mol. The number of rotatable bonds is 3. The maximum Gasteiger partial charge on any atom is 0.406 e. The highest BCUT2D eigenvalue weighted by Gasteiger charge is 2.36. The topological polar surface area (TPSA) is 83.9 Å². The van der Waals surface area contributed by atoms with Crippen LogP contribution >= 0.6 is 0 Å². The number of anilines is 1. The molecule has 1 aliphatic rings. The molecule has 3 heterocycles. The second-order valence-corrected chi connectivity index (χ2v) is 6.59. The summed E-state index contributed by atoms with van der Waals surface area (Å²) in [6.07, 6.45) is -0.712. The number of hydrogen-bond donors (Lipinski definition) is 1. The Morgan fingerprint density at radius 1 is 1.21 bits per heavy atom. The summed E-state index contributed by atoms with van der Waals surface area (Å²) in [6, 6.07) is 5.64. The lowest BCUT2D eigenvalue weighted by atomic mass is 10.1. The summed E-state index contributed by atoms with van der Waals surface area (Å²) in [4.78, 5) is 37.5. The van der Waals surface area contributed by atoms with Crippen LogP contribution in [0, 0.1) is 0 Å². The van der Waals surface area contributed by atoms with Crippen molar-refractivity contribution in [3.8, 4) is 0 Å². The minimum Gasteiger partial charge on any atom is -0.342 e. The molecule has 7 nitrogen and oxygen atoms in total. The first-order valence-electron chi connectivity index (χ1n) is 8.72. The molecule has 1 aromatic carbocycles. The average Bonchev–Trinajstić information content (AvgIpc) is 3.12. The number of nitrogens with zero attached hydrogens (tertiary/aromatic N) is 4. The summed E-state index contributed by atoms with van der Waals surface area (Å²) in [7, 11) is 0. The average molecular weight is 391 g/mol. The van der Waals surface area contributed by atoms with Crippen LogP contribution in [0.2, 0.25) is 0 Å². The summed E-state index contributed by atoms with van der Waals surface area (Å²) in [5.74, 6) is 0.0922. The molecule has 1 saturated heterocycles. The number of aromatic nitrogens is 4. The van der Waals surface area contributed by atoms with Crippen LogP contribution in [-0.2, 0) is 6.54 Å². The lowest BCUT2D eigenvalue weighted by molar-refractivity contribution is -0.141. The van der Waals surface area contributed by atoms with Crippen molar-refractivity contribution in [2.75, 3.05) is 11.4 Å². The van der Waals surface area contributed by atoms with Crippen molar-refractivity contribution in [1.82, 2.24) is 19.5 Å². The summed E-state index contributed by atoms with van der Waals surface area (Å²) in [5.41, 5.74) is -0.873. The third kappa shape index (κ3) is 3.25. The highest BCUT2D eigenvalue weighted by molar-refractivity contribution is 5.77. The summed E-state index contributed by atoms with van der Waals surface area (Å²) < 4.78 is 40.3. The van der Waals surface area contributed by atoms with Crippen LogP contribution in [-0.4, -0.2) is 32.2 Å². The molecule has 0 amide bonds. The molecule has 146 valence electrons. The highest BCUT2D eigenvalue weighted by Crippen LogP contribution is 2.33. The normalized spacial score (nSPS) is 17.4. The van der Waals surface area contributed by atoms with E-state index in [2.05, 4.69) is 15.0 Å². The first-order valence-corrected chi connectivity index (χ1v) is 8.72. The Balaban J connectivity index is 1.91. The third-order valence-electron chi connectivity index (χ3n) is 4.74. The quantitative estimate of drug-likeness (QED) is 0.741. The molecular formula is C18H16F3N5O2. The fourth-order valence-electron chi connectivity index (χ4n) is 3.61. The number of fused-ring (bicyclic) bond motifs is 1. The number of alkyl halides is 3. The van der Waals surface area contributed by atoms with Crippen LogP contribution in [0.4, 0.5) is 19.0 Å². The molecule has 1 atom stereocenters. The zero-order valence-electron chi connectivity index (χ0n) is 14.6. The van der Waals surface area contributed by atoms with E-state index < -0.39 is 29.9 Å². The van der Waals surface area contributed by atoms with Gasteiger partial charge in [-0.2, -0.15) is 13.2 Å². The van der Waals surface area contributed by atoms with Gasteiger partial charge in [-0.15, -0.1) is 0 Å². The number of halogens is 3. The molecule has 1 aliphatic heterocycles. The number of benzene rings is 1. The molecule has 0 saturated carbocycles. The highest BCUT2D eigenvalue weighted by atomic mass is 19.4. The minimum atomic E-state index is -4.59. The van der Waals surface area contributed by atoms with E-state index in [1.165, 1.54) is 18.5 Å². The van der Waals surface area contributed by atoms with E-state index in [1.54, 1.807) is 23.1 Å². The van der Waals surface area contributed by atoms with E-state index >= 15 is 0 Å². The predicted octanol–water partition coefficient (Wildman–Crippen LogP) is 2.38. The Labute approximate surface area is 156 Å². The Hall–Kier alpha value is -3.17. The van der Waals surface area contributed by atoms with Crippen LogP contribution in [0.1, 0.15) is 24.7 Å². The third-order valence-corrected chi connectivity index (χ3v) is 4.74. The molecule has 4 rings (SSSR count). The van der Waals surface area contributed by atoms with Gasteiger partial charge in [-0.3, -0.25) is 14.2 Å². The molecule has 1 N–H and O–H groups in total. The molecule has 0 radical (unpaired) electrons. The van der Waals surface area contributed by atoms with Crippen molar-refractivity contribution in [2.24, 2.45) is 0 Å². The molecule has 0 spiro atoms. The summed E-state index contributed by atoms with van der Waals surface area (Å²) >= 11 is 0. The Bertz CT molecular complexity index is 1140. The van der Waals surface area contributed by atoms with Crippen molar-refractivity contribution < 1.29 is 13.2 Å². The van der Waals surface area contributed by atoms with Gasteiger partial charge >= 0.3 is 6.18 Å². The van der Waals surface area contributed by atoms with Gasteiger partial charge in [0, 0.05) is 18.9 Å². The second-order valence-electron chi connectivity index (χ2n) is 6.59. The lowest BCUT2D eigenvalue weighted by Gasteiger charge is -2.27. The molecule has 3 aromatic rings. The van der Waals surface area contributed by atoms with E-state index in [4.69, 9.17) is 0 Å². The van der Waals surface area contributed by atoms with Crippen molar-refractivity contribution in [3.63, 3.8) is 0 Å². The molecule has 0 bridgehead atoms. The van der Waals surface area contributed by atoms with E-state index in [0.29, 0.717) is 29.5 Å². The van der Waals surface area contributed by atoms with E-state index in [-0.39, 0.29) is 17.0 Å².